The Labute approximate surface area is 326 Å². The number of aryl methyl sites for hydroxylation is 1. The first-order valence-electron chi connectivity index (χ1n) is 18.0. The fourth-order valence-electron chi connectivity index (χ4n) is 6.30. The van der Waals surface area contributed by atoms with Crippen LogP contribution in [0.4, 0.5) is 0 Å². The van der Waals surface area contributed by atoms with E-state index in [2.05, 4.69) is 17.0 Å². The van der Waals surface area contributed by atoms with Gasteiger partial charge in [0.1, 0.15) is 6.04 Å². The van der Waals surface area contributed by atoms with Crippen LogP contribution in [0.15, 0.2) is 137 Å². The van der Waals surface area contributed by atoms with Gasteiger partial charge < -0.3 is 25.0 Å². The third-order valence-corrected chi connectivity index (χ3v) is 12.2. The van der Waals surface area contributed by atoms with Crippen molar-refractivity contribution in [2.24, 2.45) is 5.92 Å². The second kappa shape index (κ2) is 18.2. The molecule has 1 saturated heterocycles. The van der Waals surface area contributed by atoms with Crippen molar-refractivity contribution in [1.82, 2.24) is 10.0 Å². The van der Waals surface area contributed by atoms with Crippen LogP contribution in [0.2, 0.25) is 0 Å². The van der Waals surface area contributed by atoms with Crippen molar-refractivity contribution in [3.63, 3.8) is 0 Å². The molecule has 4 N–H and O–H groups in total. The molecule has 5 aromatic rings. The van der Waals surface area contributed by atoms with E-state index in [0.29, 0.717) is 5.75 Å². The first-order valence-corrected chi connectivity index (χ1v) is 20.4. The number of amides is 1. The van der Waals surface area contributed by atoms with Gasteiger partial charge in [0.25, 0.3) is 0 Å². The van der Waals surface area contributed by atoms with E-state index in [0.717, 1.165) is 38.3 Å². The predicted octanol–water partition coefficient (Wildman–Crippen LogP) is 6.98. The Kier molecular flexibility index (Phi) is 13.2. The number of benzene rings is 5. The van der Waals surface area contributed by atoms with Crippen molar-refractivity contribution in [1.29, 1.82) is 0 Å². The lowest BCUT2D eigenvalue weighted by molar-refractivity contribution is -0.268. The van der Waals surface area contributed by atoms with E-state index in [-0.39, 0.29) is 48.2 Å². The molecular formula is C43H44N2O8S2. The number of ether oxygens (including phenoxy) is 2. The molecule has 286 valence electrons. The smallest absolute Gasteiger partial charge is 0.335 e. The average Bonchev–Trinajstić information content (AvgIpc) is 3.20. The Morgan fingerprint density at radius 2 is 1.42 bits per heavy atom. The van der Waals surface area contributed by atoms with Crippen molar-refractivity contribution >= 4 is 33.7 Å². The Bertz CT molecular complexity index is 2150. The molecule has 10 nitrogen and oxygen atoms in total. The molecule has 1 heterocycles. The molecule has 1 fully saturated rings. The summed E-state index contributed by atoms with van der Waals surface area (Å²) in [6.45, 7) is 4.06. The summed E-state index contributed by atoms with van der Waals surface area (Å²) in [5, 5.41) is 21.8. The van der Waals surface area contributed by atoms with E-state index >= 15 is 0 Å². The number of aliphatic hydroxyl groups is 1. The zero-order chi connectivity index (χ0) is 39.0. The molecule has 5 atom stereocenters. The highest BCUT2D eigenvalue weighted by Crippen LogP contribution is 2.43. The number of carbonyl (C=O) groups is 2. The van der Waals surface area contributed by atoms with Gasteiger partial charge in [0.2, 0.25) is 15.9 Å². The molecular weight excluding hydrogens is 737 g/mol. The molecule has 0 bridgehead atoms. The number of aliphatic hydroxyl groups excluding tert-OH is 1. The van der Waals surface area contributed by atoms with Crippen molar-refractivity contribution in [2.75, 3.05) is 5.75 Å². The molecule has 1 aliphatic rings. The maximum atomic E-state index is 13.6. The number of nitrogens with one attached hydrogen (secondary N) is 2. The molecule has 1 aliphatic heterocycles. The summed E-state index contributed by atoms with van der Waals surface area (Å²) in [4.78, 5) is 25.9. The standard InChI is InChI=1S/C43H44N2O8S2/c1-28-8-22-37(23-9-28)55(50,51)45-38(24-30-6-4-3-5-7-30)41(47)44-25-31-10-16-35(17-11-31)43-52-39(27-54-36-20-18-34(19-21-36)42(48)49)29(2)40(53-43)33-14-12-32(26-46)13-15-33/h3-23,29,38-40,43,45-46H,24-27H2,1-2H3,(H,44,47)(H,48,49). The summed E-state index contributed by atoms with van der Waals surface area (Å²) < 4.78 is 42.4. The lowest BCUT2D eigenvalue weighted by Crippen LogP contribution is -2.47. The van der Waals surface area contributed by atoms with Crippen LogP contribution in [0.25, 0.3) is 0 Å². The SMILES string of the molecule is Cc1ccc(S(=O)(=O)NC(Cc2ccccc2)C(=O)NCc2ccc(C3OC(CSc4ccc(C(=O)O)cc4)C(C)C(c4ccc(CO)cc4)O3)cc2)cc1. The molecule has 0 spiro atoms. The molecule has 0 radical (unpaired) electrons. The topological polar surface area (TPSA) is 151 Å². The molecule has 6 rings (SSSR count). The van der Waals surface area contributed by atoms with Gasteiger partial charge in [-0.15, -0.1) is 11.8 Å². The maximum Gasteiger partial charge on any atom is 0.335 e. The van der Waals surface area contributed by atoms with Gasteiger partial charge in [0, 0.05) is 28.7 Å². The summed E-state index contributed by atoms with van der Waals surface area (Å²) in [6.07, 6.45) is -1.07. The summed E-state index contributed by atoms with van der Waals surface area (Å²) in [5.74, 6) is -0.869. The van der Waals surface area contributed by atoms with Crippen molar-refractivity contribution < 1.29 is 37.7 Å². The zero-order valence-electron chi connectivity index (χ0n) is 30.5. The summed E-state index contributed by atoms with van der Waals surface area (Å²) in [5.41, 5.74) is 5.31. The normalized spacial score (nSPS) is 19.0. The van der Waals surface area contributed by atoms with E-state index in [1.165, 1.54) is 12.1 Å². The van der Waals surface area contributed by atoms with Crippen molar-refractivity contribution in [3.05, 3.63) is 166 Å². The van der Waals surface area contributed by atoms with Crippen LogP contribution >= 0.6 is 11.8 Å². The molecule has 0 aliphatic carbocycles. The number of carboxylic acid groups (broad SMARTS) is 1. The van der Waals surface area contributed by atoms with E-state index in [1.807, 2.05) is 85.8 Å². The molecule has 5 aromatic carbocycles. The minimum atomic E-state index is -3.98. The van der Waals surface area contributed by atoms with Gasteiger partial charge in [0.05, 0.1) is 29.3 Å². The number of thioether (sulfide) groups is 1. The Morgan fingerprint density at radius 3 is 2.05 bits per heavy atom. The van der Waals surface area contributed by atoms with Crippen LogP contribution in [0.3, 0.4) is 0 Å². The number of aromatic carboxylic acids is 1. The number of sulfonamides is 1. The molecule has 1 amide bonds. The van der Waals surface area contributed by atoms with Crippen molar-refractivity contribution in [2.45, 2.75) is 67.8 Å². The molecule has 55 heavy (non-hydrogen) atoms. The van der Waals surface area contributed by atoms with Gasteiger partial charge in [-0.3, -0.25) is 4.79 Å². The van der Waals surface area contributed by atoms with E-state index < -0.39 is 34.2 Å². The van der Waals surface area contributed by atoms with Crippen molar-refractivity contribution in [3.8, 4) is 0 Å². The van der Waals surface area contributed by atoms with Crippen LogP contribution in [0, 0.1) is 12.8 Å². The Balaban J connectivity index is 1.15. The van der Waals surface area contributed by atoms with Gasteiger partial charge in [-0.25, -0.2) is 13.2 Å². The quantitative estimate of drug-likeness (QED) is 0.0826. The lowest BCUT2D eigenvalue weighted by atomic mass is 9.91. The maximum absolute atomic E-state index is 13.6. The highest BCUT2D eigenvalue weighted by atomic mass is 32.2. The Morgan fingerprint density at radius 1 is 0.782 bits per heavy atom. The predicted molar refractivity (Wildman–Crippen MR) is 211 cm³/mol. The van der Waals surface area contributed by atoms with E-state index in [9.17, 15) is 28.2 Å². The van der Waals surface area contributed by atoms with Gasteiger partial charge in [-0.2, -0.15) is 4.72 Å². The second-order valence-corrected chi connectivity index (χ2v) is 16.4. The number of hydrogen-bond donors (Lipinski definition) is 4. The van der Waals surface area contributed by atoms with Crippen LogP contribution in [0.1, 0.15) is 63.1 Å². The van der Waals surface area contributed by atoms with Crippen LogP contribution in [0.5, 0.6) is 0 Å². The lowest BCUT2D eigenvalue weighted by Gasteiger charge is -2.41. The summed E-state index contributed by atoms with van der Waals surface area (Å²) in [6, 6.07) is 36.7. The number of carboxylic acids is 1. The van der Waals surface area contributed by atoms with Crippen LogP contribution < -0.4 is 10.0 Å². The molecule has 5 unspecified atom stereocenters. The minimum Gasteiger partial charge on any atom is -0.478 e. The van der Waals surface area contributed by atoms with E-state index in [1.54, 1.807) is 48.2 Å². The number of rotatable bonds is 15. The summed E-state index contributed by atoms with van der Waals surface area (Å²) >= 11 is 1.58. The largest absolute Gasteiger partial charge is 0.478 e. The zero-order valence-corrected chi connectivity index (χ0v) is 32.1. The highest BCUT2D eigenvalue weighted by molar-refractivity contribution is 7.99. The third kappa shape index (κ3) is 10.5. The highest BCUT2D eigenvalue weighted by Gasteiger charge is 2.38. The van der Waals surface area contributed by atoms with Crippen LogP contribution in [-0.2, 0) is 43.9 Å². The number of carbonyl (C=O) groups excluding carboxylic acids is 1. The van der Waals surface area contributed by atoms with Gasteiger partial charge in [-0.1, -0.05) is 103 Å². The summed E-state index contributed by atoms with van der Waals surface area (Å²) in [7, 11) is -3.98. The third-order valence-electron chi connectivity index (χ3n) is 9.59. The van der Waals surface area contributed by atoms with Crippen LogP contribution in [-0.4, -0.2) is 48.4 Å². The average molecular weight is 781 g/mol. The monoisotopic (exact) mass is 780 g/mol. The molecule has 0 aromatic heterocycles. The first-order chi connectivity index (χ1) is 26.5. The Hall–Kier alpha value is -4.82. The molecule has 0 saturated carbocycles. The fourth-order valence-corrected chi connectivity index (χ4v) is 8.56. The second-order valence-electron chi connectivity index (χ2n) is 13.6. The fraction of sp³-hybridized carbons (Fsp3) is 0.256. The van der Waals surface area contributed by atoms with Gasteiger partial charge >= 0.3 is 5.97 Å². The first kappa shape index (κ1) is 39.9. The molecule has 12 heteroatoms. The van der Waals surface area contributed by atoms with Gasteiger partial charge in [-0.05, 0) is 72.0 Å². The number of hydrogen-bond acceptors (Lipinski definition) is 8. The minimum absolute atomic E-state index is 0.0382. The van der Waals surface area contributed by atoms with Gasteiger partial charge in [0.15, 0.2) is 6.29 Å². The van der Waals surface area contributed by atoms with E-state index in [4.69, 9.17) is 9.47 Å².